The van der Waals surface area contributed by atoms with Crippen LogP contribution >= 0.6 is 0 Å². The van der Waals surface area contributed by atoms with Crippen molar-refractivity contribution < 1.29 is 4.79 Å². The Morgan fingerprint density at radius 3 is 2.86 bits per heavy atom. The summed E-state index contributed by atoms with van der Waals surface area (Å²) >= 11 is 0. The first kappa shape index (κ1) is 15.8. The van der Waals surface area contributed by atoms with Gasteiger partial charge in [0.25, 0.3) is 5.91 Å². The van der Waals surface area contributed by atoms with E-state index < -0.39 is 0 Å². The van der Waals surface area contributed by atoms with E-state index >= 15 is 0 Å². The quantitative estimate of drug-likeness (QED) is 0.875. The second-order valence-electron chi connectivity index (χ2n) is 6.18. The Morgan fingerprint density at radius 2 is 2.19 bits per heavy atom. The van der Waals surface area contributed by atoms with Crippen molar-refractivity contribution in [1.82, 2.24) is 10.3 Å². The second kappa shape index (κ2) is 7.43. The van der Waals surface area contributed by atoms with Gasteiger partial charge in [0.2, 0.25) is 0 Å². The van der Waals surface area contributed by atoms with E-state index in [2.05, 4.69) is 22.5 Å². The fourth-order valence-corrected chi connectivity index (χ4v) is 3.11. The van der Waals surface area contributed by atoms with E-state index in [-0.39, 0.29) is 5.91 Å². The van der Waals surface area contributed by atoms with Crippen molar-refractivity contribution in [2.75, 3.05) is 18.9 Å². The standard InChI is InChI=1S/C17H27N3O/c1-4-15-9-14(10-16(18-3)20-15)17(21)19-11-13-7-5-6-12(2)8-13/h9-10,12-13H,4-8,11H2,1-3H3,(H,18,20)(H,19,21). The zero-order chi connectivity index (χ0) is 15.2. The number of aromatic nitrogens is 1. The van der Waals surface area contributed by atoms with Gasteiger partial charge < -0.3 is 10.6 Å². The normalized spacial score (nSPS) is 21.9. The summed E-state index contributed by atoms with van der Waals surface area (Å²) in [4.78, 5) is 16.8. The van der Waals surface area contributed by atoms with Crippen molar-refractivity contribution in [3.63, 3.8) is 0 Å². The summed E-state index contributed by atoms with van der Waals surface area (Å²) in [6.45, 7) is 5.15. The van der Waals surface area contributed by atoms with E-state index in [9.17, 15) is 4.79 Å². The van der Waals surface area contributed by atoms with Gasteiger partial charge in [-0.05, 0) is 43.2 Å². The van der Waals surface area contributed by atoms with Crippen LogP contribution in [0.3, 0.4) is 0 Å². The maximum absolute atomic E-state index is 12.3. The Hall–Kier alpha value is -1.58. The largest absolute Gasteiger partial charge is 0.373 e. The first-order valence-electron chi connectivity index (χ1n) is 8.09. The van der Waals surface area contributed by atoms with Gasteiger partial charge in [0.1, 0.15) is 5.82 Å². The number of aryl methyl sites for hydroxylation is 1. The monoisotopic (exact) mass is 289 g/mol. The summed E-state index contributed by atoms with van der Waals surface area (Å²) in [6, 6.07) is 3.71. The van der Waals surface area contributed by atoms with Crippen LogP contribution in [0.4, 0.5) is 5.82 Å². The molecule has 0 saturated heterocycles. The summed E-state index contributed by atoms with van der Waals surface area (Å²) in [7, 11) is 1.83. The average Bonchev–Trinajstić information content (AvgIpc) is 2.52. The molecular weight excluding hydrogens is 262 g/mol. The number of hydrogen-bond donors (Lipinski definition) is 2. The molecule has 1 heterocycles. The highest BCUT2D eigenvalue weighted by Gasteiger charge is 2.19. The van der Waals surface area contributed by atoms with Crippen LogP contribution in [0.25, 0.3) is 0 Å². The fourth-order valence-electron chi connectivity index (χ4n) is 3.11. The Labute approximate surface area is 127 Å². The van der Waals surface area contributed by atoms with Gasteiger partial charge >= 0.3 is 0 Å². The summed E-state index contributed by atoms with van der Waals surface area (Å²) in [5, 5.41) is 6.11. The van der Waals surface area contributed by atoms with Crippen molar-refractivity contribution >= 4 is 11.7 Å². The number of pyridine rings is 1. The molecule has 1 fully saturated rings. The maximum Gasteiger partial charge on any atom is 0.251 e. The molecule has 4 nitrogen and oxygen atoms in total. The molecular formula is C17H27N3O. The number of carbonyl (C=O) groups excluding carboxylic acids is 1. The fraction of sp³-hybridized carbons (Fsp3) is 0.647. The lowest BCUT2D eigenvalue weighted by Crippen LogP contribution is -2.31. The summed E-state index contributed by atoms with van der Waals surface area (Å²) in [5.74, 6) is 2.20. The van der Waals surface area contributed by atoms with Crippen LogP contribution in [0.5, 0.6) is 0 Å². The van der Waals surface area contributed by atoms with E-state index in [0.29, 0.717) is 11.5 Å². The molecule has 4 heteroatoms. The number of nitrogens with one attached hydrogen (secondary N) is 2. The molecule has 0 bridgehead atoms. The second-order valence-corrected chi connectivity index (χ2v) is 6.18. The zero-order valence-electron chi connectivity index (χ0n) is 13.4. The zero-order valence-corrected chi connectivity index (χ0v) is 13.4. The third kappa shape index (κ3) is 4.45. The first-order chi connectivity index (χ1) is 10.1. The molecule has 1 aromatic heterocycles. The summed E-state index contributed by atoms with van der Waals surface area (Å²) in [5.41, 5.74) is 1.65. The molecule has 2 rings (SSSR count). The molecule has 2 atom stereocenters. The van der Waals surface area contributed by atoms with E-state index in [0.717, 1.165) is 30.4 Å². The summed E-state index contributed by atoms with van der Waals surface area (Å²) in [6.07, 6.45) is 5.93. The van der Waals surface area contributed by atoms with Gasteiger partial charge in [0.05, 0.1) is 0 Å². The molecule has 21 heavy (non-hydrogen) atoms. The predicted molar refractivity (Wildman–Crippen MR) is 86.6 cm³/mol. The van der Waals surface area contributed by atoms with E-state index in [1.165, 1.54) is 25.7 Å². The minimum absolute atomic E-state index is 0.0156. The van der Waals surface area contributed by atoms with Gasteiger partial charge in [-0.25, -0.2) is 4.98 Å². The molecule has 1 aromatic rings. The minimum atomic E-state index is 0.0156. The lowest BCUT2D eigenvalue weighted by molar-refractivity contribution is 0.0940. The van der Waals surface area contributed by atoms with Gasteiger partial charge in [0.15, 0.2) is 0 Å². The highest BCUT2D eigenvalue weighted by Crippen LogP contribution is 2.28. The number of hydrogen-bond acceptors (Lipinski definition) is 3. The molecule has 0 spiro atoms. The van der Waals surface area contributed by atoms with Crippen molar-refractivity contribution in [1.29, 1.82) is 0 Å². The molecule has 0 aliphatic heterocycles. The molecule has 2 N–H and O–H groups in total. The van der Waals surface area contributed by atoms with Crippen molar-refractivity contribution in [2.24, 2.45) is 11.8 Å². The van der Waals surface area contributed by atoms with Crippen LogP contribution in [0.1, 0.15) is 55.6 Å². The Bertz CT molecular complexity index is 465. The van der Waals surface area contributed by atoms with Gasteiger partial charge in [-0.1, -0.05) is 26.7 Å². The van der Waals surface area contributed by atoms with Gasteiger partial charge in [-0.2, -0.15) is 0 Å². The van der Waals surface area contributed by atoms with Crippen LogP contribution in [0.15, 0.2) is 12.1 Å². The van der Waals surface area contributed by atoms with Crippen molar-refractivity contribution in [2.45, 2.75) is 46.0 Å². The Morgan fingerprint density at radius 1 is 1.38 bits per heavy atom. The molecule has 1 amide bonds. The number of carbonyl (C=O) groups is 1. The first-order valence-corrected chi connectivity index (χ1v) is 8.09. The molecule has 0 aromatic carbocycles. The molecule has 0 radical (unpaired) electrons. The molecule has 1 aliphatic rings. The number of anilines is 1. The van der Waals surface area contributed by atoms with E-state index in [1.54, 1.807) is 0 Å². The maximum atomic E-state index is 12.3. The molecule has 116 valence electrons. The lowest BCUT2D eigenvalue weighted by atomic mass is 9.82. The van der Waals surface area contributed by atoms with Crippen LogP contribution in [-0.4, -0.2) is 24.5 Å². The van der Waals surface area contributed by atoms with Gasteiger partial charge in [0, 0.05) is 24.8 Å². The van der Waals surface area contributed by atoms with E-state index in [4.69, 9.17) is 0 Å². The lowest BCUT2D eigenvalue weighted by Gasteiger charge is -2.26. The minimum Gasteiger partial charge on any atom is -0.373 e. The highest BCUT2D eigenvalue weighted by atomic mass is 16.1. The number of amides is 1. The molecule has 1 saturated carbocycles. The number of rotatable bonds is 5. The van der Waals surface area contributed by atoms with Crippen molar-refractivity contribution in [3.8, 4) is 0 Å². The Kier molecular flexibility index (Phi) is 5.59. The molecule has 2 unspecified atom stereocenters. The Balaban J connectivity index is 1.96. The smallest absolute Gasteiger partial charge is 0.251 e. The van der Waals surface area contributed by atoms with Gasteiger partial charge in [-0.15, -0.1) is 0 Å². The summed E-state index contributed by atoms with van der Waals surface area (Å²) < 4.78 is 0. The molecule has 1 aliphatic carbocycles. The SMILES string of the molecule is CCc1cc(C(=O)NCC2CCCC(C)C2)cc(NC)n1. The average molecular weight is 289 g/mol. The van der Waals surface area contributed by atoms with Crippen LogP contribution in [-0.2, 0) is 6.42 Å². The highest BCUT2D eigenvalue weighted by molar-refractivity contribution is 5.95. The predicted octanol–water partition coefficient (Wildman–Crippen LogP) is 3.24. The van der Waals surface area contributed by atoms with Crippen LogP contribution < -0.4 is 10.6 Å². The number of nitrogens with zero attached hydrogens (tertiary/aromatic N) is 1. The third-order valence-electron chi connectivity index (χ3n) is 4.36. The third-order valence-corrected chi connectivity index (χ3v) is 4.36. The van der Waals surface area contributed by atoms with Crippen LogP contribution in [0.2, 0.25) is 0 Å². The van der Waals surface area contributed by atoms with Crippen molar-refractivity contribution in [3.05, 3.63) is 23.4 Å². The van der Waals surface area contributed by atoms with E-state index in [1.807, 2.05) is 26.1 Å². The topological polar surface area (TPSA) is 54.0 Å². The van der Waals surface area contributed by atoms with Crippen LogP contribution in [0, 0.1) is 11.8 Å². The van der Waals surface area contributed by atoms with Gasteiger partial charge in [-0.3, -0.25) is 4.79 Å².